The minimum Gasteiger partial charge on any atom is -0.385 e. The Morgan fingerprint density at radius 1 is 0.706 bits per heavy atom. The van der Waals surface area contributed by atoms with Crippen LogP contribution in [0.5, 0.6) is 0 Å². The molecular formula is C10H21F3O4. The summed E-state index contributed by atoms with van der Waals surface area (Å²) < 4.78 is 51.1. The lowest BCUT2D eigenvalue weighted by Crippen LogP contribution is -2.14. The molecule has 17 heavy (non-hydrogen) atoms. The Balaban J connectivity index is 0. The second-order valence-corrected chi connectivity index (χ2v) is 2.98. The van der Waals surface area contributed by atoms with Gasteiger partial charge in [-0.05, 0) is 12.8 Å². The maximum Gasteiger partial charge on any atom is 0.522 e. The van der Waals surface area contributed by atoms with Gasteiger partial charge in [-0.25, -0.2) is 0 Å². The van der Waals surface area contributed by atoms with Crippen LogP contribution in [0.25, 0.3) is 0 Å². The van der Waals surface area contributed by atoms with Gasteiger partial charge >= 0.3 is 6.36 Å². The molecule has 0 aromatic carbocycles. The van der Waals surface area contributed by atoms with Crippen LogP contribution in [-0.4, -0.2) is 54.1 Å². The molecule has 0 aromatic rings. The molecule has 7 heteroatoms. The maximum absolute atomic E-state index is 11.2. The molecule has 0 saturated carbocycles. The molecule has 0 amide bonds. The fourth-order valence-corrected chi connectivity index (χ4v) is 0.739. The molecule has 0 spiro atoms. The second kappa shape index (κ2) is 13.7. The molecule has 0 aliphatic heterocycles. The Morgan fingerprint density at radius 3 is 1.35 bits per heavy atom. The number of hydrogen-bond acceptors (Lipinski definition) is 4. The highest BCUT2D eigenvalue weighted by Gasteiger charge is 2.28. The van der Waals surface area contributed by atoms with Crippen molar-refractivity contribution in [3.8, 4) is 0 Å². The van der Waals surface area contributed by atoms with Crippen molar-refractivity contribution in [3.05, 3.63) is 0 Å². The van der Waals surface area contributed by atoms with Crippen molar-refractivity contribution in [1.29, 1.82) is 0 Å². The number of methoxy groups -OCH3 is 3. The highest BCUT2D eigenvalue weighted by atomic mass is 19.4. The fourth-order valence-electron chi connectivity index (χ4n) is 0.739. The van der Waals surface area contributed by atoms with Gasteiger partial charge in [0, 0.05) is 41.2 Å². The van der Waals surface area contributed by atoms with Gasteiger partial charge in [-0.2, -0.15) is 0 Å². The number of alkyl halides is 3. The third-order valence-corrected chi connectivity index (χ3v) is 1.46. The lowest BCUT2D eigenvalue weighted by molar-refractivity contribution is -0.325. The number of halogens is 3. The molecule has 0 aliphatic rings. The molecule has 0 N–H and O–H groups in total. The molecule has 0 saturated heterocycles. The van der Waals surface area contributed by atoms with Crippen LogP contribution in [0.2, 0.25) is 0 Å². The Kier molecular flexibility index (Phi) is 15.3. The zero-order valence-corrected chi connectivity index (χ0v) is 10.5. The maximum atomic E-state index is 11.2. The highest BCUT2D eigenvalue weighted by molar-refractivity contribution is 4.34. The lowest BCUT2D eigenvalue weighted by Gasteiger charge is -2.05. The van der Waals surface area contributed by atoms with Gasteiger partial charge in [0.1, 0.15) is 0 Å². The van der Waals surface area contributed by atoms with E-state index in [0.29, 0.717) is 0 Å². The smallest absolute Gasteiger partial charge is 0.385 e. The Labute approximate surface area is 100.0 Å². The first-order chi connectivity index (χ1) is 7.97. The summed E-state index contributed by atoms with van der Waals surface area (Å²) in [4.78, 5) is 0. The van der Waals surface area contributed by atoms with Gasteiger partial charge in [0.05, 0.1) is 6.61 Å². The molecule has 4 nitrogen and oxygen atoms in total. The first-order valence-corrected chi connectivity index (χ1v) is 5.15. The minimum atomic E-state index is -4.51. The summed E-state index contributed by atoms with van der Waals surface area (Å²) in [7, 11) is 4.80. The van der Waals surface area contributed by atoms with Gasteiger partial charge in [-0.1, -0.05) is 0 Å². The van der Waals surface area contributed by atoms with E-state index in [4.69, 9.17) is 9.47 Å². The molecule has 0 atom stereocenters. The topological polar surface area (TPSA) is 36.9 Å². The summed E-state index contributed by atoms with van der Waals surface area (Å²) >= 11 is 0. The van der Waals surface area contributed by atoms with Crippen molar-refractivity contribution in [1.82, 2.24) is 0 Å². The third kappa shape index (κ3) is 25.7. The zero-order chi connectivity index (χ0) is 13.6. The van der Waals surface area contributed by atoms with E-state index in [0.717, 1.165) is 19.6 Å². The lowest BCUT2D eigenvalue weighted by atomic mass is 10.5. The predicted octanol–water partition coefficient (Wildman–Crippen LogP) is 2.23. The molecule has 0 aromatic heterocycles. The predicted molar refractivity (Wildman–Crippen MR) is 56.9 cm³/mol. The standard InChI is InChI=1S/C5H9F3O2.C5H12O2/c1-9-3-2-4-10-5(6,7)8;1-6-4-3-5-7-2/h2-4H2,1H3;3-5H2,1-2H3. The zero-order valence-electron chi connectivity index (χ0n) is 10.5. The summed E-state index contributed by atoms with van der Waals surface area (Å²) in [5, 5.41) is 0. The summed E-state index contributed by atoms with van der Waals surface area (Å²) in [5.41, 5.74) is 0. The summed E-state index contributed by atoms with van der Waals surface area (Å²) in [6.07, 6.45) is -3.25. The molecule has 0 unspecified atom stereocenters. The van der Waals surface area contributed by atoms with Crippen LogP contribution in [-0.2, 0) is 18.9 Å². The van der Waals surface area contributed by atoms with E-state index < -0.39 is 6.36 Å². The normalized spacial score (nSPS) is 10.9. The SMILES string of the molecule is COCCCOC.COCCCOC(F)(F)F. The van der Waals surface area contributed by atoms with Crippen molar-refractivity contribution >= 4 is 0 Å². The largest absolute Gasteiger partial charge is 0.522 e. The molecule has 0 rings (SSSR count). The summed E-state index contributed by atoms with van der Waals surface area (Å²) in [6.45, 7) is 1.55. The van der Waals surface area contributed by atoms with Crippen LogP contribution in [0.15, 0.2) is 0 Å². The van der Waals surface area contributed by atoms with E-state index in [-0.39, 0.29) is 19.6 Å². The van der Waals surface area contributed by atoms with Gasteiger partial charge in [0.15, 0.2) is 0 Å². The molecule has 0 radical (unpaired) electrons. The fraction of sp³-hybridized carbons (Fsp3) is 1.00. The Bertz CT molecular complexity index is 138. The van der Waals surface area contributed by atoms with Gasteiger partial charge in [0.25, 0.3) is 0 Å². The first-order valence-electron chi connectivity index (χ1n) is 5.15. The van der Waals surface area contributed by atoms with Gasteiger partial charge in [-0.3, -0.25) is 4.74 Å². The molecule has 0 heterocycles. The molecular weight excluding hydrogens is 241 g/mol. The van der Waals surface area contributed by atoms with Crippen LogP contribution in [0.3, 0.4) is 0 Å². The second-order valence-electron chi connectivity index (χ2n) is 2.98. The van der Waals surface area contributed by atoms with Crippen molar-refractivity contribution in [2.75, 3.05) is 47.8 Å². The number of hydrogen-bond donors (Lipinski definition) is 0. The van der Waals surface area contributed by atoms with Gasteiger partial charge in [0.2, 0.25) is 0 Å². The van der Waals surface area contributed by atoms with E-state index in [9.17, 15) is 13.2 Å². The van der Waals surface area contributed by atoms with E-state index in [2.05, 4.69) is 9.47 Å². The first kappa shape index (κ1) is 19.0. The summed E-state index contributed by atoms with van der Waals surface area (Å²) in [5.74, 6) is 0. The quantitative estimate of drug-likeness (QED) is 0.629. The van der Waals surface area contributed by atoms with Crippen molar-refractivity contribution < 1.29 is 32.1 Å². The number of ether oxygens (including phenoxy) is 4. The van der Waals surface area contributed by atoms with Crippen LogP contribution >= 0.6 is 0 Å². The average Bonchev–Trinajstić information content (AvgIpc) is 2.25. The van der Waals surface area contributed by atoms with Crippen molar-refractivity contribution in [3.63, 3.8) is 0 Å². The minimum absolute atomic E-state index is 0.260. The third-order valence-electron chi connectivity index (χ3n) is 1.46. The average molecular weight is 262 g/mol. The monoisotopic (exact) mass is 262 g/mol. The Hall–Kier alpha value is -0.370. The molecule has 0 fully saturated rings. The van der Waals surface area contributed by atoms with Crippen LogP contribution in [0, 0.1) is 0 Å². The molecule has 0 bridgehead atoms. The highest BCUT2D eigenvalue weighted by Crippen LogP contribution is 2.15. The van der Waals surface area contributed by atoms with E-state index in [1.54, 1.807) is 14.2 Å². The van der Waals surface area contributed by atoms with Crippen LogP contribution < -0.4 is 0 Å². The van der Waals surface area contributed by atoms with Crippen LogP contribution in [0.4, 0.5) is 13.2 Å². The van der Waals surface area contributed by atoms with E-state index in [1.807, 2.05) is 0 Å². The van der Waals surface area contributed by atoms with Crippen molar-refractivity contribution in [2.45, 2.75) is 19.2 Å². The van der Waals surface area contributed by atoms with E-state index >= 15 is 0 Å². The van der Waals surface area contributed by atoms with Crippen molar-refractivity contribution in [2.24, 2.45) is 0 Å². The molecule has 0 aliphatic carbocycles. The number of rotatable bonds is 8. The van der Waals surface area contributed by atoms with Gasteiger partial charge < -0.3 is 14.2 Å². The molecule has 106 valence electrons. The van der Waals surface area contributed by atoms with E-state index in [1.165, 1.54) is 7.11 Å². The van der Waals surface area contributed by atoms with Gasteiger partial charge in [-0.15, -0.1) is 13.2 Å². The summed E-state index contributed by atoms with van der Waals surface area (Å²) in [6, 6.07) is 0. The van der Waals surface area contributed by atoms with Crippen LogP contribution in [0.1, 0.15) is 12.8 Å². The Morgan fingerprint density at radius 2 is 1.06 bits per heavy atom.